The Hall–Kier alpha value is -1.36. The number of hydrogen-bond donors (Lipinski definition) is 0. The molecule has 0 aliphatic carbocycles. The minimum Gasteiger partial charge on any atom is -0.260 e. The highest BCUT2D eigenvalue weighted by molar-refractivity contribution is 5.34. The van der Waals surface area contributed by atoms with E-state index < -0.39 is 0 Å². The van der Waals surface area contributed by atoms with Gasteiger partial charge in [-0.3, -0.25) is 4.98 Å². The van der Waals surface area contributed by atoms with Crippen LogP contribution in [0, 0.1) is 11.3 Å². The summed E-state index contributed by atoms with van der Waals surface area (Å²) >= 11 is 0. The third kappa shape index (κ3) is 3.36. The molecule has 0 radical (unpaired) electrons. The highest BCUT2D eigenvalue weighted by atomic mass is 14.7. The first-order valence-corrected chi connectivity index (χ1v) is 5.64. The normalized spacial score (nSPS) is 12.1. The molecule has 1 heterocycles. The lowest BCUT2D eigenvalue weighted by molar-refractivity contribution is 0.587. The SMILES string of the molecule is CCCCCC(C)c1ncccc1C#N. The van der Waals surface area contributed by atoms with Crippen molar-refractivity contribution in [3.8, 4) is 6.07 Å². The summed E-state index contributed by atoms with van der Waals surface area (Å²) in [6.07, 6.45) is 6.62. The van der Waals surface area contributed by atoms with Gasteiger partial charge >= 0.3 is 0 Å². The zero-order valence-corrected chi connectivity index (χ0v) is 9.53. The topological polar surface area (TPSA) is 36.7 Å². The average Bonchev–Trinajstić information content (AvgIpc) is 2.29. The minimum absolute atomic E-state index is 0.396. The zero-order chi connectivity index (χ0) is 11.1. The maximum atomic E-state index is 8.95. The van der Waals surface area contributed by atoms with Crippen LogP contribution in [0.25, 0.3) is 0 Å². The van der Waals surface area contributed by atoms with Gasteiger partial charge < -0.3 is 0 Å². The van der Waals surface area contributed by atoms with E-state index in [0.29, 0.717) is 5.92 Å². The quantitative estimate of drug-likeness (QED) is 0.683. The van der Waals surface area contributed by atoms with E-state index in [1.165, 1.54) is 19.3 Å². The average molecular weight is 202 g/mol. The van der Waals surface area contributed by atoms with Crippen molar-refractivity contribution < 1.29 is 0 Å². The summed E-state index contributed by atoms with van der Waals surface area (Å²) in [7, 11) is 0. The lowest BCUT2D eigenvalue weighted by Gasteiger charge is -2.11. The van der Waals surface area contributed by atoms with E-state index in [9.17, 15) is 0 Å². The van der Waals surface area contributed by atoms with Gasteiger partial charge in [-0.05, 0) is 24.5 Å². The molecule has 0 spiro atoms. The van der Waals surface area contributed by atoms with Crippen molar-refractivity contribution in [3.05, 3.63) is 29.6 Å². The number of pyridine rings is 1. The first kappa shape index (κ1) is 11.7. The summed E-state index contributed by atoms with van der Waals surface area (Å²) in [6, 6.07) is 5.87. The molecule has 0 amide bonds. The Morgan fingerprint density at radius 1 is 1.47 bits per heavy atom. The molecule has 1 aromatic heterocycles. The van der Waals surface area contributed by atoms with Gasteiger partial charge in [0.15, 0.2) is 0 Å². The Balaban J connectivity index is 2.65. The smallest absolute Gasteiger partial charge is 0.101 e. The first-order chi connectivity index (χ1) is 7.29. The van der Waals surface area contributed by atoms with Crippen LogP contribution < -0.4 is 0 Å². The van der Waals surface area contributed by atoms with Crippen molar-refractivity contribution in [3.63, 3.8) is 0 Å². The first-order valence-electron chi connectivity index (χ1n) is 5.64. The van der Waals surface area contributed by atoms with E-state index in [0.717, 1.165) is 17.7 Å². The largest absolute Gasteiger partial charge is 0.260 e. The van der Waals surface area contributed by atoms with Crippen LogP contribution >= 0.6 is 0 Å². The number of nitriles is 1. The molecule has 0 aliphatic heterocycles. The van der Waals surface area contributed by atoms with Crippen LogP contribution in [0.15, 0.2) is 18.3 Å². The molecule has 80 valence electrons. The van der Waals surface area contributed by atoms with Crippen LogP contribution in [0.1, 0.15) is 56.7 Å². The van der Waals surface area contributed by atoms with Gasteiger partial charge in [-0.2, -0.15) is 5.26 Å². The number of hydrogen-bond acceptors (Lipinski definition) is 2. The molecule has 0 N–H and O–H groups in total. The van der Waals surface area contributed by atoms with Crippen LogP contribution in [-0.4, -0.2) is 4.98 Å². The standard InChI is InChI=1S/C13H18N2/c1-3-4-5-7-11(2)13-12(10-14)8-6-9-15-13/h6,8-9,11H,3-5,7H2,1-2H3. The summed E-state index contributed by atoms with van der Waals surface area (Å²) in [5, 5.41) is 8.95. The van der Waals surface area contributed by atoms with Gasteiger partial charge in [-0.1, -0.05) is 33.1 Å². The molecular formula is C13H18N2. The zero-order valence-electron chi connectivity index (χ0n) is 9.53. The Kier molecular flexibility index (Phi) is 4.83. The van der Waals surface area contributed by atoms with Crippen LogP contribution in [0.2, 0.25) is 0 Å². The minimum atomic E-state index is 0.396. The Morgan fingerprint density at radius 3 is 2.93 bits per heavy atom. The maximum Gasteiger partial charge on any atom is 0.101 e. The maximum absolute atomic E-state index is 8.95. The lowest BCUT2D eigenvalue weighted by atomic mass is 9.96. The Bertz CT molecular complexity index is 339. The van der Waals surface area contributed by atoms with Crippen molar-refractivity contribution in [1.29, 1.82) is 5.26 Å². The molecule has 15 heavy (non-hydrogen) atoms. The molecule has 0 aliphatic rings. The van der Waals surface area contributed by atoms with Gasteiger partial charge in [-0.15, -0.1) is 0 Å². The molecule has 0 aromatic carbocycles. The van der Waals surface area contributed by atoms with E-state index in [4.69, 9.17) is 5.26 Å². The van der Waals surface area contributed by atoms with Crippen molar-refractivity contribution in [1.82, 2.24) is 4.98 Å². The second-order valence-electron chi connectivity index (χ2n) is 3.94. The molecule has 2 nitrogen and oxygen atoms in total. The fourth-order valence-electron chi connectivity index (χ4n) is 1.74. The summed E-state index contributed by atoms with van der Waals surface area (Å²) in [5.74, 6) is 0.396. The fourth-order valence-corrected chi connectivity index (χ4v) is 1.74. The van der Waals surface area contributed by atoms with Crippen LogP contribution in [-0.2, 0) is 0 Å². The Labute approximate surface area is 92.0 Å². The number of unbranched alkanes of at least 4 members (excludes halogenated alkanes) is 2. The molecule has 1 rings (SSSR count). The van der Waals surface area contributed by atoms with Crippen LogP contribution in [0.3, 0.4) is 0 Å². The summed E-state index contributed by atoms with van der Waals surface area (Å²) in [4.78, 5) is 4.31. The third-order valence-corrected chi connectivity index (χ3v) is 2.67. The molecule has 1 unspecified atom stereocenters. The fraction of sp³-hybridized carbons (Fsp3) is 0.538. The van der Waals surface area contributed by atoms with Gasteiger partial charge in [0.25, 0.3) is 0 Å². The molecule has 0 fully saturated rings. The lowest BCUT2D eigenvalue weighted by Crippen LogP contribution is -2.00. The second-order valence-corrected chi connectivity index (χ2v) is 3.94. The van der Waals surface area contributed by atoms with E-state index in [1.807, 2.05) is 12.1 Å². The highest BCUT2D eigenvalue weighted by Gasteiger charge is 2.10. The van der Waals surface area contributed by atoms with Crippen molar-refractivity contribution in [2.45, 2.75) is 45.4 Å². The number of nitrogens with zero attached hydrogens (tertiary/aromatic N) is 2. The van der Waals surface area contributed by atoms with Gasteiger partial charge in [0.05, 0.1) is 11.3 Å². The van der Waals surface area contributed by atoms with Crippen molar-refractivity contribution >= 4 is 0 Å². The molecule has 0 saturated carbocycles. The molecule has 1 atom stereocenters. The van der Waals surface area contributed by atoms with Gasteiger partial charge in [0, 0.05) is 6.20 Å². The highest BCUT2D eigenvalue weighted by Crippen LogP contribution is 2.22. The van der Waals surface area contributed by atoms with E-state index in [2.05, 4.69) is 24.9 Å². The van der Waals surface area contributed by atoms with Crippen LogP contribution in [0.4, 0.5) is 0 Å². The molecule has 2 heteroatoms. The van der Waals surface area contributed by atoms with E-state index >= 15 is 0 Å². The second kappa shape index (κ2) is 6.19. The van der Waals surface area contributed by atoms with Crippen LogP contribution in [0.5, 0.6) is 0 Å². The molecule has 0 bridgehead atoms. The third-order valence-electron chi connectivity index (χ3n) is 2.67. The molecular weight excluding hydrogens is 184 g/mol. The summed E-state index contributed by atoms with van der Waals surface area (Å²) < 4.78 is 0. The van der Waals surface area contributed by atoms with Crippen molar-refractivity contribution in [2.24, 2.45) is 0 Å². The number of rotatable bonds is 5. The summed E-state index contributed by atoms with van der Waals surface area (Å²) in [5.41, 5.74) is 1.68. The van der Waals surface area contributed by atoms with E-state index in [-0.39, 0.29) is 0 Å². The van der Waals surface area contributed by atoms with Crippen molar-refractivity contribution in [2.75, 3.05) is 0 Å². The van der Waals surface area contributed by atoms with E-state index in [1.54, 1.807) is 6.20 Å². The molecule has 1 aromatic rings. The predicted molar refractivity (Wildman–Crippen MR) is 61.5 cm³/mol. The van der Waals surface area contributed by atoms with Gasteiger partial charge in [-0.25, -0.2) is 0 Å². The van der Waals surface area contributed by atoms with Gasteiger partial charge in [0.1, 0.15) is 6.07 Å². The van der Waals surface area contributed by atoms with Gasteiger partial charge in [0.2, 0.25) is 0 Å². The predicted octanol–water partition coefficient (Wildman–Crippen LogP) is 3.64. The molecule has 0 saturated heterocycles. The summed E-state index contributed by atoms with van der Waals surface area (Å²) in [6.45, 7) is 4.35. The monoisotopic (exact) mass is 202 g/mol. The Morgan fingerprint density at radius 2 is 2.27 bits per heavy atom. The number of aromatic nitrogens is 1.